The largest absolute Gasteiger partial charge is 0.375 e. The third-order valence-corrected chi connectivity index (χ3v) is 4.47. The van der Waals surface area contributed by atoms with Crippen LogP contribution in [0.3, 0.4) is 0 Å². The van der Waals surface area contributed by atoms with Gasteiger partial charge in [0.15, 0.2) is 5.11 Å². The second kappa shape index (κ2) is 6.02. The minimum atomic E-state index is -0.00870. The fourth-order valence-electron chi connectivity index (χ4n) is 3.19. The summed E-state index contributed by atoms with van der Waals surface area (Å²) >= 11 is 5.23. The van der Waals surface area contributed by atoms with Gasteiger partial charge >= 0.3 is 0 Å². The van der Waals surface area contributed by atoms with Crippen LogP contribution in [0.2, 0.25) is 0 Å². The quantitative estimate of drug-likeness (QED) is 0.728. The summed E-state index contributed by atoms with van der Waals surface area (Å²) in [5.41, 5.74) is 8.88. The first-order valence-electron chi connectivity index (χ1n) is 7.79. The molecule has 4 nitrogen and oxygen atoms in total. The van der Waals surface area contributed by atoms with Gasteiger partial charge in [-0.25, -0.2) is 5.01 Å². The molecular formula is C19H16N4S. The van der Waals surface area contributed by atoms with Gasteiger partial charge in [-0.2, -0.15) is 5.10 Å². The number of hydrazone groups is 1. The van der Waals surface area contributed by atoms with Gasteiger partial charge in [-0.15, -0.1) is 0 Å². The van der Waals surface area contributed by atoms with Crippen LogP contribution in [0, 0.1) is 0 Å². The zero-order valence-electron chi connectivity index (χ0n) is 13.0. The number of aromatic nitrogens is 1. The van der Waals surface area contributed by atoms with Crippen LogP contribution >= 0.6 is 12.2 Å². The molecule has 3 aromatic rings. The van der Waals surface area contributed by atoms with Crippen LogP contribution in [-0.2, 0) is 0 Å². The second-order valence-electron chi connectivity index (χ2n) is 5.73. The highest BCUT2D eigenvalue weighted by Crippen LogP contribution is 2.35. The molecule has 24 heavy (non-hydrogen) atoms. The van der Waals surface area contributed by atoms with Crippen LogP contribution in [0.15, 0.2) is 72.0 Å². The molecule has 0 fully saturated rings. The van der Waals surface area contributed by atoms with Crippen LogP contribution in [0.25, 0.3) is 10.8 Å². The predicted molar refractivity (Wildman–Crippen MR) is 101 cm³/mol. The molecule has 2 N–H and O–H groups in total. The highest BCUT2D eigenvalue weighted by molar-refractivity contribution is 7.80. The summed E-state index contributed by atoms with van der Waals surface area (Å²) in [7, 11) is 0. The lowest BCUT2D eigenvalue weighted by Gasteiger charge is -2.23. The molecule has 5 heteroatoms. The first kappa shape index (κ1) is 14.8. The summed E-state index contributed by atoms with van der Waals surface area (Å²) in [6.07, 6.45) is 2.50. The van der Waals surface area contributed by atoms with Crippen LogP contribution < -0.4 is 5.73 Å². The topological polar surface area (TPSA) is 54.5 Å². The number of hydrogen-bond acceptors (Lipinski definition) is 3. The average Bonchev–Trinajstić information content (AvgIpc) is 3.07. The molecule has 1 atom stereocenters. The van der Waals surface area contributed by atoms with Gasteiger partial charge in [-0.1, -0.05) is 48.5 Å². The highest BCUT2D eigenvalue weighted by Gasteiger charge is 2.31. The predicted octanol–water partition coefficient (Wildman–Crippen LogP) is 3.63. The van der Waals surface area contributed by atoms with Crippen molar-refractivity contribution in [2.24, 2.45) is 10.8 Å². The first-order valence-corrected chi connectivity index (χ1v) is 8.20. The van der Waals surface area contributed by atoms with Crippen LogP contribution in [0.4, 0.5) is 0 Å². The van der Waals surface area contributed by atoms with E-state index in [1.54, 1.807) is 11.2 Å². The third-order valence-electron chi connectivity index (χ3n) is 4.28. The van der Waals surface area contributed by atoms with E-state index in [0.29, 0.717) is 0 Å². The van der Waals surface area contributed by atoms with E-state index in [1.807, 2.05) is 30.3 Å². The third kappa shape index (κ3) is 2.53. The first-order chi connectivity index (χ1) is 11.7. The molecule has 2 aromatic carbocycles. The lowest BCUT2D eigenvalue weighted by molar-refractivity contribution is 0.375. The minimum absolute atomic E-state index is 0.00870. The van der Waals surface area contributed by atoms with E-state index in [-0.39, 0.29) is 11.2 Å². The fourth-order valence-corrected chi connectivity index (χ4v) is 3.35. The van der Waals surface area contributed by atoms with E-state index in [9.17, 15) is 0 Å². The van der Waals surface area contributed by atoms with Crippen LogP contribution in [0.5, 0.6) is 0 Å². The summed E-state index contributed by atoms with van der Waals surface area (Å²) < 4.78 is 0. The Hall–Kier alpha value is -2.79. The Morgan fingerprint density at radius 3 is 2.62 bits per heavy atom. The number of fused-ring (bicyclic) bond motifs is 1. The molecule has 1 aromatic heterocycles. The molecule has 0 bridgehead atoms. The summed E-state index contributed by atoms with van der Waals surface area (Å²) in [5, 5.41) is 9.05. The molecule has 1 aliphatic heterocycles. The van der Waals surface area contributed by atoms with Crippen LogP contribution in [0.1, 0.15) is 23.7 Å². The lowest BCUT2D eigenvalue weighted by Crippen LogP contribution is -2.31. The maximum absolute atomic E-state index is 5.94. The van der Waals surface area contributed by atoms with Crippen molar-refractivity contribution in [2.75, 3.05) is 0 Å². The lowest BCUT2D eigenvalue weighted by atomic mass is 9.95. The highest BCUT2D eigenvalue weighted by atomic mass is 32.1. The Kier molecular flexibility index (Phi) is 3.70. The van der Waals surface area contributed by atoms with Crippen LogP contribution in [-0.4, -0.2) is 20.8 Å². The molecule has 0 radical (unpaired) electrons. The molecule has 0 saturated carbocycles. The standard InChI is InChI=1S/C19H16N4S/c20-19(24)23-18(12-17(22-23)16-10-3-4-11-21-16)15-9-5-7-13-6-1-2-8-14(13)15/h1-11,18H,12H2,(H2,20,24). The smallest absolute Gasteiger partial charge is 0.187 e. The zero-order valence-corrected chi connectivity index (χ0v) is 13.8. The number of nitrogens with two attached hydrogens (primary N) is 1. The zero-order chi connectivity index (χ0) is 16.5. The Morgan fingerprint density at radius 1 is 1.04 bits per heavy atom. The Balaban J connectivity index is 1.79. The van der Waals surface area contributed by atoms with Crippen molar-refractivity contribution < 1.29 is 0 Å². The maximum atomic E-state index is 5.94. The van der Waals surface area contributed by atoms with Crippen molar-refractivity contribution in [2.45, 2.75) is 12.5 Å². The molecule has 4 rings (SSSR count). The van der Waals surface area contributed by atoms with E-state index < -0.39 is 0 Å². The maximum Gasteiger partial charge on any atom is 0.187 e. The number of rotatable bonds is 2. The van der Waals surface area contributed by atoms with Gasteiger partial charge in [0.1, 0.15) is 0 Å². The van der Waals surface area contributed by atoms with Gasteiger partial charge in [0.05, 0.1) is 17.4 Å². The average molecular weight is 332 g/mol. The van der Waals surface area contributed by atoms with E-state index in [0.717, 1.165) is 17.8 Å². The van der Waals surface area contributed by atoms with Crippen molar-refractivity contribution in [3.05, 3.63) is 78.1 Å². The van der Waals surface area contributed by atoms with E-state index in [1.165, 1.54) is 16.3 Å². The molecule has 0 aliphatic carbocycles. The number of pyridine rings is 1. The number of thiocarbonyl (C=S) groups is 1. The molecule has 0 saturated heterocycles. The van der Waals surface area contributed by atoms with Gasteiger partial charge < -0.3 is 5.73 Å². The minimum Gasteiger partial charge on any atom is -0.375 e. The summed E-state index contributed by atoms with van der Waals surface area (Å²) in [6.45, 7) is 0. The molecule has 0 spiro atoms. The normalized spacial score (nSPS) is 17.1. The monoisotopic (exact) mass is 332 g/mol. The number of benzene rings is 2. The van der Waals surface area contributed by atoms with E-state index in [4.69, 9.17) is 18.0 Å². The van der Waals surface area contributed by atoms with Crippen molar-refractivity contribution in [3.63, 3.8) is 0 Å². The summed E-state index contributed by atoms with van der Waals surface area (Å²) in [5.74, 6) is 0. The van der Waals surface area contributed by atoms with Crippen molar-refractivity contribution in [1.82, 2.24) is 9.99 Å². The van der Waals surface area contributed by atoms with Crippen molar-refractivity contribution >= 4 is 33.8 Å². The molecule has 1 aliphatic rings. The van der Waals surface area contributed by atoms with Crippen molar-refractivity contribution in [1.29, 1.82) is 0 Å². The fraction of sp³-hybridized carbons (Fsp3) is 0.105. The second-order valence-corrected chi connectivity index (χ2v) is 6.15. The SMILES string of the molecule is NC(=S)N1N=C(c2ccccn2)CC1c1cccc2ccccc12. The summed E-state index contributed by atoms with van der Waals surface area (Å²) in [6, 6.07) is 20.4. The molecular weight excluding hydrogens is 316 g/mol. The number of hydrogen-bond donors (Lipinski definition) is 1. The summed E-state index contributed by atoms with van der Waals surface area (Å²) in [4.78, 5) is 4.40. The van der Waals surface area contributed by atoms with Gasteiger partial charge in [0, 0.05) is 12.6 Å². The van der Waals surface area contributed by atoms with E-state index in [2.05, 4.69) is 40.4 Å². The van der Waals surface area contributed by atoms with Gasteiger partial charge in [-0.05, 0) is 40.7 Å². The Morgan fingerprint density at radius 2 is 1.83 bits per heavy atom. The molecule has 118 valence electrons. The molecule has 0 amide bonds. The number of nitrogens with zero attached hydrogens (tertiary/aromatic N) is 3. The van der Waals surface area contributed by atoms with Crippen molar-refractivity contribution in [3.8, 4) is 0 Å². The molecule has 2 heterocycles. The Labute approximate surface area is 145 Å². The van der Waals surface area contributed by atoms with Gasteiger partial charge in [0.2, 0.25) is 0 Å². The molecule has 1 unspecified atom stereocenters. The van der Waals surface area contributed by atoms with E-state index >= 15 is 0 Å². The van der Waals surface area contributed by atoms with Gasteiger partial charge in [0.25, 0.3) is 0 Å². The Bertz CT molecular complexity index is 931. The van der Waals surface area contributed by atoms with Gasteiger partial charge in [-0.3, -0.25) is 4.98 Å².